The summed E-state index contributed by atoms with van der Waals surface area (Å²) in [5, 5.41) is 21.7. The largest absolute Gasteiger partial charge is 0.478 e. The van der Waals surface area contributed by atoms with Crippen molar-refractivity contribution in [3.05, 3.63) is 40.8 Å². The van der Waals surface area contributed by atoms with E-state index in [-0.39, 0.29) is 22.4 Å². The molecule has 1 heterocycles. The Morgan fingerprint density at radius 2 is 1.85 bits per heavy atom. The quantitative estimate of drug-likeness (QED) is 0.894. The van der Waals surface area contributed by atoms with Gasteiger partial charge in [-0.25, -0.2) is 14.0 Å². The van der Waals surface area contributed by atoms with Crippen LogP contribution in [0.1, 0.15) is 26.4 Å². The number of carbonyl (C=O) groups is 2. The number of aromatic nitrogens is 2. The number of rotatable bonds is 3. The number of aryl methyl sites for hydroxylation is 1. The lowest BCUT2D eigenvalue weighted by Crippen LogP contribution is -2.03. The molecule has 0 saturated carbocycles. The molecular formula is C13H11FN2O4. The van der Waals surface area contributed by atoms with Crippen molar-refractivity contribution in [2.75, 3.05) is 0 Å². The highest BCUT2D eigenvalue weighted by Crippen LogP contribution is 2.25. The van der Waals surface area contributed by atoms with Gasteiger partial charge in [0.15, 0.2) is 5.69 Å². The highest BCUT2D eigenvalue weighted by atomic mass is 19.1. The summed E-state index contributed by atoms with van der Waals surface area (Å²) in [4.78, 5) is 21.9. The Morgan fingerprint density at radius 1 is 1.20 bits per heavy atom. The van der Waals surface area contributed by atoms with Gasteiger partial charge in [-0.1, -0.05) is 0 Å². The average molecular weight is 278 g/mol. The van der Waals surface area contributed by atoms with Gasteiger partial charge in [-0.15, -0.1) is 0 Å². The van der Waals surface area contributed by atoms with Crippen LogP contribution in [-0.4, -0.2) is 31.9 Å². The van der Waals surface area contributed by atoms with Crippen molar-refractivity contribution in [3.63, 3.8) is 0 Å². The van der Waals surface area contributed by atoms with E-state index in [1.54, 1.807) is 0 Å². The molecule has 7 heteroatoms. The second-order valence-electron chi connectivity index (χ2n) is 4.28. The van der Waals surface area contributed by atoms with Crippen molar-refractivity contribution in [2.24, 2.45) is 7.05 Å². The van der Waals surface area contributed by atoms with Crippen LogP contribution in [0.2, 0.25) is 0 Å². The standard InChI is InChI=1S/C13H11FN2O4/c1-6-8(12(17)18)3-7(4-9(6)14)11-5-10(13(19)20)15-16(11)2/h3-5H,1-2H3,(H,17,18)(H,19,20). The number of carboxylic acids is 2. The van der Waals surface area contributed by atoms with Gasteiger partial charge in [-0.05, 0) is 30.7 Å². The Bertz CT molecular complexity index is 721. The van der Waals surface area contributed by atoms with Crippen LogP contribution in [-0.2, 0) is 7.05 Å². The van der Waals surface area contributed by atoms with Crippen LogP contribution >= 0.6 is 0 Å². The molecule has 0 bridgehead atoms. The fourth-order valence-corrected chi connectivity index (χ4v) is 1.89. The lowest BCUT2D eigenvalue weighted by Gasteiger charge is -2.07. The minimum Gasteiger partial charge on any atom is -0.478 e. The highest BCUT2D eigenvalue weighted by Gasteiger charge is 2.17. The topological polar surface area (TPSA) is 92.4 Å². The lowest BCUT2D eigenvalue weighted by molar-refractivity contribution is 0.0681. The van der Waals surface area contributed by atoms with Gasteiger partial charge in [0.2, 0.25) is 0 Å². The molecule has 0 aliphatic rings. The summed E-state index contributed by atoms with van der Waals surface area (Å²) in [7, 11) is 1.50. The fourth-order valence-electron chi connectivity index (χ4n) is 1.89. The number of halogens is 1. The van der Waals surface area contributed by atoms with Gasteiger partial charge in [0.25, 0.3) is 0 Å². The normalized spacial score (nSPS) is 10.6. The molecule has 20 heavy (non-hydrogen) atoms. The molecule has 0 aliphatic carbocycles. The molecule has 0 saturated heterocycles. The van der Waals surface area contributed by atoms with Crippen LogP contribution in [0.4, 0.5) is 4.39 Å². The lowest BCUT2D eigenvalue weighted by atomic mass is 10.0. The van der Waals surface area contributed by atoms with Crippen LogP contribution < -0.4 is 0 Å². The first kappa shape index (κ1) is 13.7. The molecule has 0 spiro atoms. The molecule has 1 aromatic carbocycles. The van der Waals surface area contributed by atoms with E-state index in [0.717, 1.165) is 6.07 Å². The average Bonchev–Trinajstić information content (AvgIpc) is 2.74. The molecule has 104 valence electrons. The zero-order valence-electron chi connectivity index (χ0n) is 10.7. The minimum atomic E-state index is -1.25. The molecule has 2 aromatic rings. The van der Waals surface area contributed by atoms with Crippen molar-refractivity contribution >= 4 is 11.9 Å². The third-order valence-corrected chi connectivity index (χ3v) is 2.97. The first-order valence-electron chi connectivity index (χ1n) is 5.62. The van der Waals surface area contributed by atoms with E-state index in [2.05, 4.69) is 5.10 Å². The van der Waals surface area contributed by atoms with Crippen molar-refractivity contribution in [3.8, 4) is 11.3 Å². The molecule has 0 amide bonds. The fraction of sp³-hybridized carbons (Fsp3) is 0.154. The predicted molar refractivity (Wildman–Crippen MR) is 67.3 cm³/mol. The molecule has 6 nitrogen and oxygen atoms in total. The molecule has 0 aliphatic heterocycles. The number of aromatic carboxylic acids is 2. The first-order valence-corrected chi connectivity index (χ1v) is 5.62. The van der Waals surface area contributed by atoms with Crippen molar-refractivity contribution < 1.29 is 24.2 Å². The SMILES string of the molecule is Cc1c(F)cc(-c2cc(C(=O)O)nn2C)cc1C(=O)O. The zero-order valence-corrected chi connectivity index (χ0v) is 10.7. The molecular weight excluding hydrogens is 267 g/mol. The van der Waals surface area contributed by atoms with Crippen molar-refractivity contribution in [2.45, 2.75) is 6.92 Å². The third-order valence-electron chi connectivity index (χ3n) is 2.97. The molecule has 1 aromatic heterocycles. The van der Waals surface area contributed by atoms with E-state index < -0.39 is 17.8 Å². The Morgan fingerprint density at radius 3 is 2.35 bits per heavy atom. The van der Waals surface area contributed by atoms with E-state index in [1.807, 2.05) is 0 Å². The Balaban J connectivity index is 2.64. The Kier molecular flexibility index (Phi) is 3.27. The van der Waals surface area contributed by atoms with Gasteiger partial charge in [0.05, 0.1) is 11.3 Å². The predicted octanol–water partition coefficient (Wildman–Crippen LogP) is 1.93. The minimum absolute atomic E-state index is 0.0295. The summed E-state index contributed by atoms with van der Waals surface area (Å²) in [6.45, 7) is 1.37. The smallest absolute Gasteiger partial charge is 0.356 e. The number of nitrogens with zero attached hydrogens (tertiary/aromatic N) is 2. The zero-order chi connectivity index (χ0) is 15.0. The molecule has 0 radical (unpaired) electrons. The summed E-state index contributed by atoms with van der Waals surface area (Å²) in [5.74, 6) is -3.13. The summed E-state index contributed by atoms with van der Waals surface area (Å²) in [5.41, 5.74) is 0.247. The maximum Gasteiger partial charge on any atom is 0.356 e. The number of carboxylic acid groups (broad SMARTS) is 2. The van der Waals surface area contributed by atoms with E-state index in [4.69, 9.17) is 10.2 Å². The Hall–Kier alpha value is -2.70. The number of hydrogen-bond acceptors (Lipinski definition) is 3. The summed E-state index contributed by atoms with van der Waals surface area (Å²) in [6, 6.07) is 3.71. The van der Waals surface area contributed by atoms with Gasteiger partial charge >= 0.3 is 11.9 Å². The van der Waals surface area contributed by atoms with E-state index in [1.165, 1.54) is 30.8 Å². The van der Waals surface area contributed by atoms with Gasteiger partial charge in [-0.2, -0.15) is 5.10 Å². The van der Waals surface area contributed by atoms with Crippen LogP contribution in [0, 0.1) is 12.7 Å². The van der Waals surface area contributed by atoms with E-state index >= 15 is 0 Å². The second-order valence-corrected chi connectivity index (χ2v) is 4.28. The number of hydrogen-bond donors (Lipinski definition) is 2. The highest BCUT2D eigenvalue weighted by molar-refractivity contribution is 5.91. The van der Waals surface area contributed by atoms with Gasteiger partial charge in [0.1, 0.15) is 5.82 Å². The maximum absolute atomic E-state index is 13.8. The van der Waals surface area contributed by atoms with Crippen LogP contribution in [0.5, 0.6) is 0 Å². The van der Waals surface area contributed by atoms with Gasteiger partial charge < -0.3 is 10.2 Å². The molecule has 2 N–H and O–H groups in total. The Labute approximate surface area is 113 Å². The maximum atomic E-state index is 13.8. The van der Waals surface area contributed by atoms with Crippen LogP contribution in [0.25, 0.3) is 11.3 Å². The summed E-state index contributed by atoms with van der Waals surface area (Å²) < 4.78 is 15.0. The van der Waals surface area contributed by atoms with E-state index in [9.17, 15) is 14.0 Å². The molecule has 0 atom stereocenters. The monoisotopic (exact) mass is 278 g/mol. The van der Waals surface area contributed by atoms with E-state index in [0.29, 0.717) is 5.69 Å². The van der Waals surface area contributed by atoms with Crippen LogP contribution in [0.15, 0.2) is 18.2 Å². The third kappa shape index (κ3) is 2.25. The van der Waals surface area contributed by atoms with Gasteiger partial charge in [0, 0.05) is 12.6 Å². The van der Waals surface area contributed by atoms with Gasteiger partial charge in [-0.3, -0.25) is 4.68 Å². The van der Waals surface area contributed by atoms with Crippen molar-refractivity contribution in [1.82, 2.24) is 9.78 Å². The van der Waals surface area contributed by atoms with Crippen LogP contribution in [0.3, 0.4) is 0 Å². The number of benzene rings is 1. The summed E-state index contributed by atoms with van der Waals surface area (Å²) >= 11 is 0. The summed E-state index contributed by atoms with van der Waals surface area (Å²) in [6.07, 6.45) is 0. The molecule has 2 rings (SSSR count). The molecule has 0 fully saturated rings. The second kappa shape index (κ2) is 4.76. The van der Waals surface area contributed by atoms with Crippen molar-refractivity contribution in [1.29, 1.82) is 0 Å². The first-order chi connectivity index (χ1) is 9.31. The molecule has 0 unspecified atom stereocenters.